The zero-order valence-corrected chi connectivity index (χ0v) is 12.0. The van der Waals surface area contributed by atoms with E-state index in [4.69, 9.17) is 10.5 Å². The number of ether oxygens (including phenoxy) is 1. The fourth-order valence-corrected chi connectivity index (χ4v) is 1.61. The summed E-state index contributed by atoms with van der Waals surface area (Å²) in [4.78, 5) is 11.6. The minimum atomic E-state index is -0.202. The summed E-state index contributed by atoms with van der Waals surface area (Å²) < 4.78 is 5.13. The number of hydrogen-bond acceptors (Lipinski definition) is 4. The van der Waals surface area contributed by atoms with E-state index in [1.807, 2.05) is 26.8 Å². The number of methoxy groups -OCH3 is 1. The number of anilines is 2. The molecule has 5 heteroatoms. The van der Waals surface area contributed by atoms with E-state index in [-0.39, 0.29) is 11.4 Å². The summed E-state index contributed by atoms with van der Waals surface area (Å²) in [7, 11) is 1.60. The first-order valence-corrected chi connectivity index (χ1v) is 6.30. The molecule has 0 spiro atoms. The van der Waals surface area contributed by atoms with Crippen LogP contribution in [0.4, 0.5) is 11.4 Å². The standard InChI is InChI=1S/C14H23N3O2/c1-14(2,3)17-13(18)7-8-16-12-9-10(19-4)5-6-11(12)15/h5-6,9,16H,7-8,15H2,1-4H3,(H,17,18). The van der Waals surface area contributed by atoms with Gasteiger partial charge in [0.25, 0.3) is 0 Å². The molecule has 0 saturated carbocycles. The molecule has 0 aliphatic carbocycles. The Morgan fingerprint density at radius 2 is 2.05 bits per heavy atom. The quantitative estimate of drug-likeness (QED) is 0.712. The topological polar surface area (TPSA) is 76.4 Å². The number of benzene rings is 1. The Labute approximate surface area is 114 Å². The summed E-state index contributed by atoms with van der Waals surface area (Å²) in [5, 5.41) is 6.05. The summed E-state index contributed by atoms with van der Waals surface area (Å²) >= 11 is 0. The van der Waals surface area contributed by atoms with Crippen molar-refractivity contribution >= 4 is 17.3 Å². The van der Waals surface area contributed by atoms with Crippen molar-refractivity contribution in [2.24, 2.45) is 0 Å². The fraction of sp³-hybridized carbons (Fsp3) is 0.500. The molecule has 0 aromatic heterocycles. The molecule has 0 aliphatic rings. The average molecular weight is 265 g/mol. The predicted molar refractivity (Wildman–Crippen MR) is 78.4 cm³/mol. The van der Waals surface area contributed by atoms with Crippen LogP contribution < -0.4 is 21.1 Å². The average Bonchev–Trinajstić information content (AvgIpc) is 2.29. The normalized spacial score (nSPS) is 10.9. The van der Waals surface area contributed by atoms with Crippen LogP contribution in [0.15, 0.2) is 18.2 Å². The number of nitrogens with two attached hydrogens (primary N) is 1. The number of hydrogen-bond donors (Lipinski definition) is 3. The summed E-state index contributed by atoms with van der Waals surface area (Å²) in [5.74, 6) is 0.748. The second-order valence-electron chi connectivity index (χ2n) is 5.43. The SMILES string of the molecule is COc1ccc(N)c(NCCC(=O)NC(C)(C)C)c1. The molecule has 0 fully saturated rings. The first-order valence-electron chi connectivity index (χ1n) is 6.30. The van der Waals surface area contributed by atoms with Gasteiger partial charge in [0.2, 0.25) is 5.91 Å². The van der Waals surface area contributed by atoms with Crippen LogP contribution in [0.2, 0.25) is 0 Å². The highest BCUT2D eigenvalue weighted by Crippen LogP contribution is 2.24. The molecule has 0 bridgehead atoms. The summed E-state index contributed by atoms with van der Waals surface area (Å²) in [6.45, 7) is 6.40. The van der Waals surface area contributed by atoms with E-state index in [2.05, 4.69) is 10.6 Å². The Balaban J connectivity index is 2.47. The fourth-order valence-electron chi connectivity index (χ4n) is 1.61. The van der Waals surface area contributed by atoms with Crippen molar-refractivity contribution in [2.45, 2.75) is 32.7 Å². The molecule has 106 valence electrons. The Hall–Kier alpha value is -1.91. The molecule has 0 atom stereocenters. The van der Waals surface area contributed by atoms with E-state index >= 15 is 0 Å². The van der Waals surface area contributed by atoms with Gasteiger partial charge in [0.05, 0.1) is 18.5 Å². The van der Waals surface area contributed by atoms with Gasteiger partial charge in [0.15, 0.2) is 0 Å². The summed E-state index contributed by atoms with van der Waals surface area (Å²) in [6, 6.07) is 5.39. The minimum Gasteiger partial charge on any atom is -0.497 e. The highest BCUT2D eigenvalue weighted by atomic mass is 16.5. The van der Waals surface area contributed by atoms with Gasteiger partial charge in [-0.05, 0) is 32.9 Å². The first kappa shape index (κ1) is 15.1. The monoisotopic (exact) mass is 265 g/mol. The molecule has 0 heterocycles. The molecule has 0 saturated heterocycles. The Bertz CT molecular complexity index is 439. The highest BCUT2D eigenvalue weighted by molar-refractivity contribution is 5.77. The van der Waals surface area contributed by atoms with Crippen LogP contribution in [-0.4, -0.2) is 25.1 Å². The van der Waals surface area contributed by atoms with Crippen LogP contribution in [0.3, 0.4) is 0 Å². The lowest BCUT2D eigenvalue weighted by Gasteiger charge is -2.20. The number of amides is 1. The molecule has 0 aliphatic heterocycles. The summed E-state index contributed by atoms with van der Waals surface area (Å²) in [6.07, 6.45) is 0.397. The van der Waals surface area contributed by atoms with Gasteiger partial charge in [-0.25, -0.2) is 0 Å². The zero-order valence-electron chi connectivity index (χ0n) is 12.0. The van der Waals surface area contributed by atoms with E-state index in [0.29, 0.717) is 18.7 Å². The van der Waals surface area contributed by atoms with Gasteiger partial charge in [0.1, 0.15) is 5.75 Å². The van der Waals surface area contributed by atoms with Crippen LogP contribution in [0.1, 0.15) is 27.2 Å². The van der Waals surface area contributed by atoms with E-state index in [1.165, 1.54) is 0 Å². The maximum Gasteiger partial charge on any atom is 0.222 e. The van der Waals surface area contributed by atoms with Crippen LogP contribution >= 0.6 is 0 Å². The molecule has 19 heavy (non-hydrogen) atoms. The third kappa shape index (κ3) is 5.50. The third-order valence-electron chi connectivity index (χ3n) is 2.44. The van der Waals surface area contributed by atoms with Crippen LogP contribution in [-0.2, 0) is 4.79 Å². The smallest absolute Gasteiger partial charge is 0.222 e. The largest absolute Gasteiger partial charge is 0.497 e. The highest BCUT2D eigenvalue weighted by Gasteiger charge is 2.13. The molecule has 4 N–H and O–H groups in total. The zero-order chi connectivity index (χ0) is 14.5. The van der Waals surface area contributed by atoms with Gasteiger partial charge in [-0.2, -0.15) is 0 Å². The van der Waals surface area contributed by atoms with Crippen molar-refractivity contribution in [2.75, 3.05) is 24.7 Å². The van der Waals surface area contributed by atoms with E-state index in [1.54, 1.807) is 19.2 Å². The number of nitrogens with one attached hydrogen (secondary N) is 2. The lowest BCUT2D eigenvalue weighted by atomic mass is 10.1. The lowest BCUT2D eigenvalue weighted by molar-refractivity contribution is -0.122. The molecule has 5 nitrogen and oxygen atoms in total. The Morgan fingerprint density at radius 1 is 1.37 bits per heavy atom. The Morgan fingerprint density at radius 3 is 2.63 bits per heavy atom. The second-order valence-corrected chi connectivity index (χ2v) is 5.43. The van der Waals surface area contributed by atoms with Gasteiger partial charge >= 0.3 is 0 Å². The van der Waals surface area contributed by atoms with Crippen molar-refractivity contribution in [1.29, 1.82) is 0 Å². The van der Waals surface area contributed by atoms with E-state index in [0.717, 1.165) is 11.4 Å². The predicted octanol–water partition coefficient (Wildman–Crippen LogP) is 1.99. The number of carbonyl (C=O) groups is 1. The van der Waals surface area contributed by atoms with E-state index < -0.39 is 0 Å². The number of carbonyl (C=O) groups excluding carboxylic acids is 1. The molecule has 0 unspecified atom stereocenters. The van der Waals surface area contributed by atoms with Gasteiger partial charge in [-0.1, -0.05) is 0 Å². The van der Waals surface area contributed by atoms with Crippen molar-refractivity contribution in [3.05, 3.63) is 18.2 Å². The molecular weight excluding hydrogens is 242 g/mol. The number of nitrogen functional groups attached to an aromatic ring is 1. The van der Waals surface area contributed by atoms with Crippen LogP contribution in [0.25, 0.3) is 0 Å². The van der Waals surface area contributed by atoms with Crippen molar-refractivity contribution in [3.63, 3.8) is 0 Å². The minimum absolute atomic E-state index is 0.0152. The van der Waals surface area contributed by atoms with Gasteiger partial charge < -0.3 is 21.1 Å². The second kappa shape index (κ2) is 6.31. The van der Waals surface area contributed by atoms with Crippen molar-refractivity contribution in [1.82, 2.24) is 5.32 Å². The first-order chi connectivity index (χ1) is 8.81. The van der Waals surface area contributed by atoms with Crippen LogP contribution in [0.5, 0.6) is 5.75 Å². The molecule has 1 rings (SSSR count). The van der Waals surface area contributed by atoms with Gasteiger partial charge in [-0.3, -0.25) is 4.79 Å². The molecule has 1 aromatic carbocycles. The van der Waals surface area contributed by atoms with Crippen LogP contribution in [0, 0.1) is 0 Å². The van der Waals surface area contributed by atoms with Crippen molar-refractivity contribution < 1.29 is 9.53 Å². The maximum absolute atomic E-state index is 11.6. The van der Waals surface area contributed by atoms with Gasteiger partial charge in [-0.15, -0.1) is 0 Å². The maximum atomic E-state index is 11.6. The Kier molecular flexibility index (Phi) is 5.03. The molecule has 0 radical (unpaired) electrons. The van der Waals surface area contributed by atoms with Crippen molar-refractivity contribution in [3.8, 4) is 5.75 Å². The summed E-state index contributed by atoms with van der Waals surface area (Å²) in [5.41, 5.74) is 7.06. The molecular formula is C14H23N3O2. The third-order valence-corrected chi connectivity index (χ3v) is 2.44. The van der Waals surface area contributed by atoms with E-state index in [9.17, 15) is 4.79 Å². The molecule has 1 amide bonds. The van der Waals surface area contributed by atoms with Gasteiger partial charge in [0, 0.05) is 24.6 Å². The lowest BCUT2D eigenvalue weighted by Crippen LogP contribution is -2.41. The number of rotatable bonds is 5. The molecule has 1 aromatic rings.